The zero-order chi connectivity index (χ0) is 27.9. The van der Waals surface area contributed by atoms with Crippen molar-refractivity contribution >= 4 is 43.8 Å². The number of hydrogen-bond acceptors (Lipinski definition) is 10. The second-order valence-electron chi connectivity index (χ2n) is 9.62. The van der Waals surface area contributed by atoms with Gasteiger partial charge in [-0.3, -0.25) is 13.7 Å². The number of rotatable bonds is 8. The van der Waals surface area contributed by atoms with Gasteiger partial charge in [-0.15, -0.1) is 0 Å². The Hall–Kier alpha value is -1.96. The lowest BCUT2D eigenvalue weighted by molar-refractivity contribution is -0.0483. The van der Waals surface area contributed by atoms with Crippen molar-refractivity contribution in [3.05, 3.63) is 47.5 Å². The van der Waals surface area contributed by atoms with Crippen molar-refractivity contribution in [3.63, 3.8) is 0 Å². The Labute approximate surface area is 227 Å². The molecular weight excluding hydrogens is 576 g/mol. The van der Waals surface area contributed by atoms with E-state index in [1.807, 2.05) is 18.2 Å². The second kappa shape index (κ2) is 11.1. The highest BCUT2D eigenvalue weighted by Gasteiger charge is 2.46. The third kappa shape index (κ3) is 6.36. The molecule has 6 atom stereocenters. The van der Waals surface area contributed by atoms with Crippen LogP contribution in [0, 0.1) is 0 Å². The number of aliphatic hydroxyl groups is 2. The lowest BCUT2D eigenvalue weighted by Gasteiger charge is -2.34. The van der Waals surface area contributed by atoms with Gasteiger partial charge in [0.1, 0.15) is 18.3 Å². The summed E-state index contributed by atoms with van der Waals surface area (Å²) < 4.78 is 34.9. The van der Waals surface area contributed by atoms with Crippen LogP contribution in [0.2, 0.25) is 5.28 Å². The number of nitrogens with zero attached hydrogens (tertiary/aromatic N) is 5. The van der Waals surface area contributed by atoms with Crippen molar-refractivity contribution in [2.45, 2.75) is 43.3 Å². The molecule has 39 heavy (non-hydrogen) atoms. The highest BCUT2D eigenvalue weighted by Crippen LogP contribution is 2.55. The van der Waals surface area contributed by atoms with Gasteiger partial charge in [0.25, 0.3) is 0 Å². The van der Waals surface area contributed by atoms with Crippen LogP contribution < -0.4 is 4.90 Å². The fourth-order valence-electron chi connectivity index (χ4n) is 5.01. The summed E-state index contributed by atoms with van der Waals surface area (Å²) in [4.78, 5) is 42.9. The number of halogens is 1. The third-order valence-corrected chi connectivity index (χ3v) is 10.4. The van der Waals surface area contributed by atoms with Gasteiger partial charge in [-0.2, -0.15) is 9.97 Å². The van der Waals surface area contributed by atoms with Gasteiger partial charge in [0.05, 0.1) is 12.9 Å². The summed E-state index contributed by atoms with van der Waals surface area (Å²) in [6.07, 6.45) is -2.24. The molecule has 2 saturated heterocycles. The quantitative estimate of drug-likeness (QED) is 0.184. The van der Waals surface area contributed by atoms with Gasteiger partial charge in [0.2, 0.25) is 5.28 Å². The Morgan fingerprint density at radius 3 is 2.56 bits per heavy atom. The molecule has 2 aliphatic rings. The number of anilines is 1. The summed E-state index contributed by atoms with van der Waals surface area (Å²) in [5, 5.41) is 21.2. The first kappa shape index (κ1) is 28.6. The SMILES string of the molecule is O=P(O)(O)CP(=O)(O)OC[C@H]1O[C@@H](n2cnc3c(N4CCCC(c5ccccc5)C4)nc(Cl)nc32)C(O)[C@H]1O. The molecule has 0 aliphatic carbocycles. The molecule has 2 fully saturated rings. The van der Waals surface area contributed by atoms with Crippen LogP contribution >= 0.6 is 26.8 Å². The topological polar surface area (TPSA) is 201 Å². The Bertz CT molecular complexity index is 1420. The second-order valence-corrected chi connectivity index (χ2v) is 14.0. The van der Waals surface area contributed by atoms with E-state index < -0.39 is 52.2 Å². The van der Waals surface area contributed by atoms with Gasteiger partial charge in [-0.25, -0.2) is 4.98 Å². The lowest BCUT2D eigenvalue weighted by atomic mass is 9.91. The molecule has 3 unspecified atom stereocenters. The number of fused-ring (bicyclic) bond motifs is 1. The zero-order valence-corrected chi connectivity index (χ0v) is 23.0. The third-order valence-electron chi connectivity index (χ3n) is 6.78. The van der Waals surface area contributed by atoms with Crippen molar-refractivity contribution in [1.82, 2.24) is 19.5 Å². The molecule has 0 saturated carbocycles. The van der Waals surface area contributed by atoms with Crippen molar-refractivity contribution in [2.75, 3.05) is 30.5 Å². The number of aliphatic hydroxyl groups excluding tert-OH is 2. The molecule has 4 heterocycles. The average molecular weight is 604 g/mol. The van der Waals surface area contributed by atoms with Gasteiger partial charge >= 0.3 is 15.2 Å². The fourth-order valence-corrected chi connectivity index (χ4v) is 7.74. The number of hydrogen-bond donors (Lipinski definition) is 5. The summed E-state index contributed by atoms with van der Waals surface area (Å²) in [6.45, 7) is 0.718. The number of aromatic nitrogens is 4. The van der Waals surface area contributed by atoms with E-state index in [9.17, 15) is 24.2 Å². The van der Waals surface area contributed by atoms with E-state index >= 15 is 0 Å². The minimum Gasteiger partial charge on any atom is -0.387 e. The molecule has 5 rings (SSSR count). The Balaban J connectivity index is 1.37. The molecular formula is C22H28ClN5O9P2. The largest absolute Gasteiger partial charge is 0.387 e. The monoisotopic (exact) mass is 603 g/mol. The van der Waals surface area contributed by atoms with E-state index in [2.05, 4.69) is 32.0 Å². The maximum Gasteiger partial charge on any atom is 0.340 e. The average Bonchev–Trinajstić information content (AvgIpc) is 3.42. The van der Waals surface area contributed by atoms with Gasteiger partial charge in [-0.1, -0.05) is 30.3 Å². The Morgan fingerprint density at radius 1 is 1.10 bits per heavy atom. The van der Waals surface area contributed by atoms with Crippen LogP contribution in [-0.2, 0) is 18.4 Å². The van der Waals surface area contributed by atoms with Gasteiger partial charge in [-0.05, 0) is 30.0 Å². The molecule has 0 bridgehead atoms. The molecule has 5 N–H and O–H groups in total. The van der Waals surface area contributed by atoms with E-state index in [1.165, 1.54) is 16.5 Å². The molecule has 0 amide bonds. The summed E-state index contributed by atoms with van der Waals surface area (Å²) in [6, 6.07) is 10.2. The Kier molecular flexibility index (Phi) is 8.16. The summed E-state index contributed by atoms with van der Waals surface area (Å²) in [5.74, 6) is -0.577. The fraction of sp³-hybridized carbons (Fsp3) is 0.500. The first-order valence-electron chi connectivity index (χ1n) is 12.1. The van der Waals surface area contributed by atoms with Crippen molar-refractivity contribution < 1.29 is 43.3 Å². The highest BCUT2D eigenvalue weighted by molar-refractivity contribution is 7.70. The molecule has 2 aliphatic heterocycles. The van der Waals surface area contributed by atoms with Gasteiger partial charge < -0.3 is 39.1 Å². The molecule has 0 spiro atoms. The van der Waals surface area contributed by atoms with Crippen LogP contribution in [-0.4, -0.2) is 88.3 Å². The van der Waals surface area contributed by atoms with E-state index in [-0.39, 0.29) is 16.8 Å². The first-order valence-corrected chi connectivity index (χ1v) is 16.1. The van der Waals surface area contributed by atoms with Gasteiger partial charge in [0.15, 0.2) is 29.1 Å². The van der Waals surface area contributed by atoms with Crippen LogP contribution in [0.5, 0.6) is 0 Å². The molecule has 1 aromatic carbocycles. The van der Waals surface area contributed by atoms with E-state index in [0.717, 1.165) is 19.4 Å². The number of piperidine rings is 1. The highest BCUT2D eigenvalue weighted by atomic mass is 35.5. The minimum atomic E-state index is -4.83. The normalized spacial score (nSPS) is 27.6. The predicted octanol–water partition coefficient (Wildman–Crippen LogP) is 1.82. The minimum absolute atomic E-state index is 0.0485. The molecule has 3 aromatic rings. The maximum atomic E-state index is 12.0. The number of benzene rings is 1. The van der Waals surface area contributed by atoms with Gasteiger partial charge in [0, 0.05) is 19.0 Å². The predicted molar refractivity (Wildman–Crippen MR) is 140 cm³/mol. The summed E-state index contributed by atoms with van der Waals surface area (Å²) >= 11 is 6.29. The summed E-state index contributed by atoms with van der Waals surface area (Å²) in [7, 11) is -9.52. The Morgan fingerprint density at radius 2 is 1.85 bits per heavy atom. The van der Waals surface area contributed by atoms with E-state index in [0.29, 0.717) is 17.9 Å². The van der Waals surface area contributed by atoms with E-state index in [4.69, 9.17) is 30.6 Å². The van der Waals surface area contributed by atoms with Crippen LogP contribution in [0.4, 0.5) is 5.82 Å². The summed E-state index contributed by atoms with van der Waals surface area (Å²) in [5.41, 5.74) is 1.89. The lowest BCUT2D eigenvalue weighted by Crippen LogP contribution is -2.35. The van der Waals surface area contributed by atoms with Crippen molar-refractivity contribution in [3.8, 4) is 0 Å². The molecule has 14 nitrogen and oxygen atoms in total. The maximum absolute atomic E-state index is 12.0. The van der Waals surface area contributed by atoms with Crippen LogP contribution in [0.25, 0.3) is 11.2 Å². The van der Waals surface area contributed by atoms with Crippen molar-refractivity contribution in [2.24, 2.45) is 0 Å². The molecule has 0 radical (unpaired) electrons. The zero-order valence-electron chi connectivity index (χ0n) is 20.5. The van der Waals surface area contributed by atoms with Crippen LogP contribution in [0.3, 0.4) is 0 Å². The molecule has 17 heteroatoms. The first-order chi connectivity index (χ1) is 18.4. The standard InChI is InChI=1S/C22H28ClN5O9P2/c23-22-25-19(27-8-4-7-14(9-27)13-5-2-1-3-6-13)16-20(26-22)28(11-24-16)21-18(30)17(29)15(37-21)10-36-39(34,35)12-38(31,32)33/h1-3,5-6,11,14-15,17-18,21,29-30H,4,7-10,12H2,(H,34,35)(H2,31,32,33)/t14?,15-,17+,18?,21-/m1/s1. The number of imidazole rings is 1. The molecule has 2 aromatic heterocycles. The molecule has 212 valence electrons. The smallest absolute Gasteiger partial charge is 0.340 e. The van der Waals surface area contributed by atoms with Crippen molar-refractivity contribution in [1.29, 1.82) is 0 Å². The van der Waals surface area contributed by atoms with Crippen LogP contribution in [0.1, 0.15) is 30.6 Å². The number of ether oxygens (including phenoxy) is 1. The van der Waals surface area contributed by atoms with E-state index in [1.54, 1.807) is 0 Å². The van der Waals surface area contributed by atoms with Crippen LogP contribution in [0.15, 0.2) is 36.7 Å².